The maximum Gasteiger partial charge on any atom is 0.488 e. The first kappa shape index (κ1) is 56.4. The van der Waals surface area contributed by atoms with Crippen molar-refractivity contribution in [3.05, 3.63) is 169 Å². The summed E-state index contributed by atoms with van der Waals surface area (Å²) in [6, 6.07) is 38.2. The summed E-state index contributed by atoms with van der Waals surface area (Å²) >= 11 is 15.4. The molecule has 0 aliphatic carbocycles. The number of halogens is 3. The van der Waals surface area contributed by atoms with E-state index in [-0.39, 0.29) is 30.5 Å². The fourth-order valence-corrected chi connectivity index (χ4v) is 9.12. The van der Waals surface area contributed by atoms with Gasteiger partial charge in [0.25, 0.3) is 0 Å². The molecule has 14 heteroatoms. The van der Waals surface area contributed by atoms with Gasteiger partial charge in [-0.25, -0.2) is 0 Å². The predicted molar refractivity (Wildman–Crippen MR) is 287 cm³/mol. The Morgan fingerprint density at radius 3 is 1.65 bits per heavy atom. The minimum atomic E-state index is -1.43. The lowest BCUT2D eigenvalue weighted by Gasteiger charge is -2.18. The molecule has 0 amide bonds. The van der Waals surface area contributed by atoms with Crippen LogP contribution in [0, 0.1) is 11.8 Å². The summed E-state index contributed by atoms with van der Waals surface area (Å²) in [5.41, 5.74) is 8.58. The summed E-state index contributed by atoms with van der Waals surface area (Å²) in [7, 11) is -1.43. The molecular formula is C57H64BBrCl2O10. The summed E-state index contributed by atoms with van der Waals surface area (Å²) in [5.74, 6) is 1.83. The smallest absolute Gasteiger partial charge is 0.488 e. The SMILES string of the molecule is C.CC(Cc1ccc(OCc2cc(-c3cccc(Cl)c3)cc3c2OC(C)(C)C3)cc1)C(=O)O.CCOC(=O)C(C)Cc1ccc(OCc2cc(Br)cc3c2OC(C)(C)C3)cc1.OB(O)c1cccc(Cl)c1. The molecule has 2 aliphatic heterocycles. The monoisotopic (exact) mass is 1070 g/mol. The van der Waals surface area contributed by atoms with Gasteiger partial charge in [0.2, 0.25) is 0 Å². The van der Waals surface area contributed by atoms with Crippen LogP contribution >= 0.6 is 39.1 Å². The van der Waals surface area contributed by atoms with Gasteiger partial charge in [-0.1, -0.05) is 109 Å². The highest BCUT2D eigenvalue weighted by atomic mass is 79.9. The van der Waals surface area contributed by atoms with E-state index in [2.05, 4.69) is 74.0 Å². The molecule has 0 spiro atoms. The van der Waals surface area contributed by atoms with E-state index >= 15 is 0 Å². The number of fused-ring (bicyclic) bond motifs is 2. The van der Waals surface area contributed by atoms with Crippen LogP contribution in [0.1, 0.15) is 89.3 Å². The molecule has 2 unspecified atom stereocenters. The van der Waals surface area contributed by atoms with Crippen molar-refractivity contribution in [3.63, 3.8) is 0 Å². The molecule has 3 N–H and O–H groups in total. The average molecular weight is 1070 g/mol. The number of carbonyl (C=O) groups excluding carboxylic acids is 1. The number of carboxylic acid groups (broad SMARTS) is 1. The van der Waals surface area contributed by atoms with Gasteiger partial charge in [0.15, 0.2) is 0 Å². The molecule has 0 aromatic heterocycles. The number of hydrogen-bond acceptors (Lipinski definition) is 9. The molecule has 0 radical (unpaired) electrons. The summed E-state index contributed by atoms with van der Waals surface area (Å²) in [5, 5.41) is 27.6. The zero-order valence-electron chi connectivity index (χ0n) is 40.6. The minimum Gasteiger partial charge on any atom is -0.489 e. The third-order valence-electron chi connectivity index (χ3n) is 11.6. The van der Waals surface area contributed by atoms with Gasteiger partial charge < -0.3 is 38.8 Å². The van der Waals surface area contributed by atoms with Crippen LogP contribution in [0.3, 0.4) is 0 Å². The molecule has 10 nitrogen and oxygen atoms in total. The van der Waals surface area contributed by atoms with E-state index in [1.807, 2.05) is 80.6 Å². The quantitative estimate of drug-likeness (QED) is 0.0672. The maximum absolute atomic E-state index is 11.8. The summed E-state index contributed by atoms with van der Waals surface area (Å²) in [6.07, 6.45) is 2.87. The Bertz CT molecular complexity index is 2740. The van der Waals surface area contributed by atoms with Gasteiger partial charge in [-0.05, 0) is 159 Å². The normalized spacial score (nSPS) is 14.2. The Balaban J connectivity index is 0.000000220. The molecule has 0 saturated carbocycles. The molecule has 2 aliphatic rings. The van der Waals surface area contributed by atoms with E-state index in [9.17, 15) is 9.59 Å². The second-order valence-electron chi connectivity index (χ2n) is 18.9. The first-order chi connectivity index (χ1) is 33.2. The fraction of sp³-hybridized carbons (Fsp3) is 0.333. The van der Waals surface area contributed by atoms with Crippen LogP contribution < -0.4 is 24.4 Å². The maximum atomic E-state index is 11.8. The number of aliphatic carboxylic acids is 1. The van der Waals surface area contributed by atoms with Crippen molar-refractivity contribution in [3.8, 4) is 34.1 Å². The Labute approximate surface area is 437 Å². The van der Waals surface area contributed by atoms with Crippen LogP contribution in [0.15, 0.2) is 126 Å². The molecule has 376 valence electrons. The number of esters is 1. The highest BCUT2D eigenvalue weighted by molar-refractivity contribution is 9.10. The van der Waals surface area contributed by atoms with Gasteiger partial charge in [-0.2, -0.15) is 0 Å². The Morgan fingerprint density at radius 2 is 1.17 bits per heavy atom. The van der Waals surface area contributed by atoms with E-state index in [0.717, 1.165) is 73.7 Å². The van der Waals surface area contributed by atoms with Crippen LogP contribution in [0.5, 0.6) is 23.0 Å². The number of carboxylic acids is 1. The van der Waals surface area contributed by atoms with Crippen LogP contribution in [0.25, 0.3) is 11.1 Å². The average Bonchev–Trinajstić information content (AvgIpc) is 3.81. The van der Waals surface area contributed by atoms with Gasteiger partial charge in [0.1, 0.15) is 47.4 Å². The predicted octanol–water partition coefficient (Wildman–Crippen LogP) is 12.7. The number of ether oxygens (including phenoxy) is 5. The first-order valence-corrected chi connectivity index (χ1v) is 24.8. The lowest BCUT2D eigenvalue weighted by molar-refractivity contribution is -0.147. The van der Waals surface area contributed by atoms with E-state index in [0.29, 0.717) is 48.2 Å². The van der Waals surface area contributed by atoms with Crippen molar-refractivity contribution in [2.45, 2.75) is 106 Å². The second-order valence-corrected chi connectivity index (χ2v) is 20.6. The largest absolute Gasteiger partial charge is 0.489 e. The molecule has 8 rings (SSSR count). The van der Waals surface area contributed by atoms with E-state index < -0.39 is 19.0 Å². The van der Waals surface area contributed by atoms with Crippen molar-refractivity contribution in [2.75, 3.05) is 6.61 Å². The van der Waals surface area contributed by atoms with E-state index in [1.54, 1.807) is 25.1 Å². The molecule has 0 fully saturated rings. The summed E-state index contributed by atoms with van der Waals surface area (Å²) < 4.78 is 30.6. The Hall–Kier alpha value is -5.50. The van der Waals surface area contributed by atoms with Crippen LogP contribution in [-0.2, 0) is 53.2 Å². The fourth-order valence-electron chi connectivity index (χ4n) is 8.18. The molecule has 2 heterocycles. The zero-order valence-corrected chi connectivity index (χ0v) is 43.7. The lowest BCUT2D eigenvalue weighted by atomic mass is 9.81. The molecule has 2 atom stereocenters. The molecule has 0 bridgehead atoms. The van der Waals surface area contributed by atoms with Gasteiger partial charge in [-0.15, -0.1) is 0 Å². The highest BCUT2D eigenvalue weighted by Crippen LogP contribution is 2.42. The topological polar surface area (TPSA) is 141 Å². The second kappa shape index (κ2) is 25.2. The van der Waals surface area contributed by atoms with Crippen molar-refractivity contribution >= 4 is 63.7 Å². The standard InChI is InChI=1S/C27H27ClO4.C23H27BrO4.C6H6BClO2.CH4/c1-17(26(29)30)11-18-7-9-24(10-8-18)31-16-22-13-20(19-5-4-6-23(28)14-19)12-21-15-27(2,3)32-25(21)22;1-5-26-22(25)15(2)10-16-6-8-20(9-7-16)27-14-18-12-19(24)11-17-13-23(3,4)28-21(17)18;8-6-3-1-2-5(4-6)7(9)10;/h4-10,12-14,17H,11,15-16H2,1-3H3,(H,29,30);6-9,11-12,15H,5,10,13-14H2,1-4H3;1-4,9-10H;1H4. The summed E-state index contributed by atoms with van der Waals surface area (Å²) in [4.78, 5) is 22.9. The number of carbonyl (C=O) groups is 2. The minimum absolute atomic E-state index is 0. The van der Waals surface area contributed by atoms with Crippen molar-refractivity contribution in [1.82, 2.24) is 0 Å². The van der Waals surface area contributed by atoms with Crippen molar-refractivity contribution in [2.24, 2.45) is 11.8 Å². The van der Waals surface area contributed by atoms with Crippen LogP contribution in [0.4, 0.5) is 0 Å². The number of benzene rings is 6. The number of rotatable bonds is 15. The Morgan fingerprint density at radius 1 is 0.676 bits per heavy atom. The van der Waals surface area contributed by atoms with Crippen molar-refractivity contribution in [1.29, 1.82) is 0 Å². The van der Waals surface area contributed by atoms with E-state index in [1.165, 1.54) is 17.2 Å². The highest BCUT2D eigenvalue weighted by Gasteiger charge is 2.34. The molecular weight excluding hydrogens is 1010 g/mol. The molecule has 71 heavy (non-hydrogen) atoms. The van der Waals surface area contributed by atoms with Crippen molar-refractivity contribution < 1.29 is 48.4 Å². The Kier molecular flexibility index (Phi) is 20.1. The third-order valence-corrected chi connectivity index (χ3v) is 12.5. The third kappa shape index (κ3) is 16.5. The molecule has 6 aromatic carbocycles. The van der Waals surface area contributed by atoms with Gasteiger partial charge in [0, 0.05) is 38.5 Å². The number of hydrogen-bond donors (Lipinski definition) is 3. The first-order valence-electron chi connectivity index (χ1n) is 23.2. The molecule has 0 saturated heterocycles. The van der Waals surface area contributed by atoms with Crippen LogP contribution in [-0.4, -0.2) is 52.0 Å². The van der Waals surface area contributed by atoms with Gasteiger partial charge in [-0.3, -0.25) is 9.59 Å². The van der Waals surface area contributed by atoms with Gasteiger partial charge in [0.05, 0.1) is 18.4 Å². The van der Waals surface area contributed by atoms with Gasteiger partial charge >= 0.3 is 19.1 Å². The summed E-state index contributed by atoms with van der Waals surface area (Å²) in [6.45, 7) is 15.0. The lowest BCUT2D eigenvalue weighted by Crippen LogP contribution is -2.29. The zero-order chi connectivity index (χ0) is 50.8. The van der Waals surface area contributed by atoms with E-state index in [4.69, 9.17) is 62.0 Å². The molecule has 6 aromatic rings. The van der Waals surface area contributed by atoms with Crippen LogP contribution in [0.2, 0.25) is 10.0 Å².